The highest BCUT2D eigenvalue weighted by molar-refractivity contribution is 7.88. The second-order valence-corrected chi connectivity index (χ2v) is 8.70. The molecule has 0 bridgehead atoms. The molecule has 0 fully saturated rings. The number of hydrogen-bond donors (Lipinski definition) is 0. The Balaban J connectivity index is 1.94. The van der Waals surface area contributed by atoms with E-state index in [0.717, 1.165) is 23.1 Å². The van der Waals surface area contributed by atoms with Crippen LogP contribution in [0.2, 0.25) is 0 Å². The maximum absolute atomic E-state index is 13.0. The van der Waals surface area contributed by atoms with Crippen molar-refractivity contribution in [2.24, 2.45) is 0 Å². The third-order valence-corrected chi connectivity index (χ3v) is 6.21. The van der Waals surface area contributed by atoms with Crippen molar-refractivity contribution in [3.05, 3.63) is 59.4 Å². The first-order chi connectivity index (χ1) is 12.3. The number of aryl methyl sites for hydroxylation is 1. The molecule has 2 heterocycles. The zero-order valence-electron chi connectivity index (χ0n) is 15.4. The third-order valence-electron chi connectivity index (χ3n) is 4.89. The zero-order chi connectivity index (χ0) is 18.9. The summed E-state index contributed by atoms with van der Waals surface area (Å²) < 4.78 is 27.1. The van der Waals surface area contributed by atoms with Gasteiger partial charge in [0.15, 0.2) is 0 Å². The van der Waals surface area contributed by atoms with Gasteiger partial charge >= 0.3 is 0 Å². The molecule has 140 valence electrons. The average Bonchev–Trinajstić information content (AvgIpc) is 3.07. The summed E-state index contributed by atoms with van der Waals surface area (Å²) in [6.45, 7) is 5.19. The van der Waals surface area contributed by atoms with Crippen molar-refractivity contribution in [2.45, 2.75) is 26.4 Å². The Hall–Kier alpha value is -2.12. The van der Waals surface area contributed by atoms with Crippen LogP contribution in [-0.4, -0.2) is 54.0 Å². The van der Waals surface area contributed by atoms with Crippen molar-refractivity contribution in [1.29, 1.82) is 0 Å². The van der Waals surface area contributed by atoms with E-state index >= 15 is 0 Å². The maximum atomic E-state index is 13.0. The molecule has 1 aromatic heterocycles. The van der Waals surface area contributed by atoms with Gasteiger partial charge in [-0.25, -0.2) is 8.42 Å². The van der Waals surface area contributed by atoms with Gasteiger partial charge in [0.1, 0.15) is 0 Å². The van der Waals surface area contributed by atoms with Crippen molar-refractivity contribution < 1.29 is 13.2 Å². The molecule has 0 radical (unpaired) electrons. The molecular weight excluding hydrogens is 350 g/mol. The summed E-state index contributed by atoms with van der Waals surface area (Å²) in [4.78, 5) is 14.8. The second-order valence-electron chi connectivity index (χ2n) is 6.72. The predicted octanol–water partition coefficient (Wildman–Crippen LogP) is 2.01. The number of aromatic nitrogens is 1. The molecule has 1 aromatic carbocycles. The summed E-state index contributed by atoms with van der Waals surface area (Å²) in [5.41, 5.74) is 3.24. The molecule has 0 saturated carbocycles. The molecule has 0 aliphatic carbocycles. The molecule has 0 saturated heterocycles. The van der Waals surface area contributed by atoms with E-state index in [1.165, 1.54) is 4.31 Å². The van der Waals surface area contributed by atoms with Crippen molar-refractivity contribution >= 4 is 15.9 Å². The lowest BCUT2D eigenvalue weighted by Crippen LogP contribution is -2.47. The van der Waals surface area contributed by atoms with Crippen molar-refractivity contribution in [3.63, 3.8) is 0 Å². The fraction of sp³-hybridized carbons (Fsp3) is 0.421. The lowest BCUT2D eigenvalue weighted by Gasteiger charge is -2.38. The number of carbonyl (C=O) groups is 1. The van der Waals surface area contributed by atoms with Crippen LogP contribution in [0.1, 0.15) is 29.8 Å². The Kier molecular flexibility index (Phi) is 5.20. The Morgan fingerprint density at radius 1 is 1.19 bits per heavy atom. The fourth-order valence-electron chi connectivity index (χ4n) is 3.46. The van der Waals surface area contributed by atoms with Gasteiger partial charge in [-0.05, 0) is 24.6 Å². The molecule has 1 aliphatic rings. The molecular formula is C19H25N3O3S. The summed E-state index contributed by atoms with van der Waals surface area (Å²) in [6.07, 6.45) is 3.16. The summed E-state index contributed by atoms with van der Waals surface area (Å²) in [7, 11) is -3.41. The van der Waals surface area contributed by atoms with Gasteiger partial charge in [0.05, 0.1) is 18.8 Å². The first-order valence-corrected chi connectivity index (χ1v) is 10.6. The lowest BCUT2D eigenvalue weighted by molar-refractivity contribution is -0.134. The van der Waals surface area contributed by atoms with E-state index in [2.05, 4.69) is 4.57 Å². The smallest absolute Gasteiger partial charge is 0.238 e. The predicted molar refractivity (Wildman–Crippen MR) is 101 cm³/mol. The van der Waals surface area contributed by atoms with Crippen LogP contribution >= 0.6 is 0 Å². The van der Waals surface area contributed by atoms with Crippen LogP contribution in [0.5, 0.6) is 0 Å². The SMILES string of the molecule is CCN(CC(=O)N1CCn2cccc2[C@H]1c1ccc(C)cc1)S(C)(=O)=O. The summed E-state index contributed by atoms with van der Waals surface area (Å²) in [6, 6.07) is 12.0. The first kappa shape index (κ1) is 18.7. The minimum Gasteiger partial charge on any atom is -0.348 e. The van der Waals surface area contributed by atoms with Gasteiger partial charge < -0.3 is 9.47 Å². The molecule has 26 heavy (non-hydrogen) atoms. The van der Waals surface area contributed by atoms with E-state index in [9.17, 15) is 13.2 Å². The van der Waals surface area contributed by atoms with Gasteiger partial charge in [-0.1, -0.05) is 36.8 Å². The fourth-order valence-corrected chi connectivity index (χ4v) is 4.27. The normalized spacial score (nSPS) is 17.4. The van der Waals surface area contributed by atoms with E-state index in [-0.39, 0.29) is 25.0 Å². The molecule has 1 amide bonds. The monoisotopic (exact) mass is 375 g/mol. The number of rotatable bonds is 5. The van der Waals surface area contributed by atoms with Gasteiger partial charge in [-0.15, -0.1) is 0 Å². The van der Waals surface area contributed by atoms with Crippen molar-refractivity contribution in [3.8, 4) is 0 Å². The third kappa shape index (κ3) is 3.68. The average molecular weight is 375 g/mol. The largest absolute Gasteiger partial charge is 0.348 e. The number of likely N-dealkylation sites (N-methyl/N-ethyl adjacent to an activating group) is 1. The number of carbonyl (C=O) groups excluding carboxylic acids is 1. The quantitative estimate of drug-likeness (QED) is 0.803. The molecule has 3 rings (SSSR count). The molecule has 0 N–H and O–H groups in total. The van der Waals surface area contributed by atoms with E-state index in [0.29, 0.717) is 13.1 Å². The number of benzene rings is 1. The van der Waals surface area contributed by atoms with E-state index in [4.69, 9.17) is 0 Å². The number of hydrogen-bond acceptors (Lipinski definition) is 3. The number of nitrogens with zero attached hydrogens (tertiary/aromatic N) is 3. The van der Waals surface area contributed by atoms with Gasteiger partial charge in [-0.2, -0.15) is 4.31 Å². The van der Waals surface area contributed by atoms with Gasteiger partial charge in [0.2, 0.25) is 15.9 Å². The zero-order valence-corrected chi connectivity index (χ0v) is 16.2. The Morgan fingerprint density at radius 3 is 2.50 bits per heavy atom. The topological polar surface area (TPSA) is 62.6 Å². The van der Waals surface area contributed by atoms with Crippen LogP contribution in [0.15, 0.2) is 42.6 Å². The van der Waals surface area contributed by atoms with Gasteiger partial charge in [-0.3, -0.25) is 4.79 Å². The molecule has 6 nitrogen and oxygen atoms in total. The number of amides is 1. The Bertz CT molecular complexity index is 887. The highest BCUT2D eigenvalue weighted by Crippen LogP contribution is 2.32. The second kappa shape index (κ2) is 7.25. The van der Waals surface area contributed by atoms with E-state index in [1.807, 2.05) is 49.5 Å². The standard InChI is InChI=1S/C19H25N3O3S/c1-4-21(26(3,24)25)14-18(23)22-13-12-20-11-5-6-17(20)19(22)16-9-7-15(2)8-10-16/h5-11,19H,4,12-14H2,1-3H3/t19-/m1/s1. The van der Waals surface area contributed by atoms with Crippen LogP contribution in [0, 0.1) is 6.92 Å². The van der Waals surface area contributed by atoms with Crippen LogP contribution in [0.4, 0.5) is 0 Å². The van der Waals surface area contributed by atoms with Crippen LogP contribution in [-0.2, 0) is 21.4 Å². The number of sulfonamides is 1. The van der Waals surface area contributed by atoms with E-state index < -0.39 is 10.0 Å². The highest BCUT2D eigenvalue weighted by Gasteiger charge is 2.33. The summed E-state index contributed by atoms with van der Waals surface area (Å²) in [5, 5.41) is 0. The molecule has 0 unspecified atom stereocenters. The molecule has 0 spiro atoms. The maximum Gasteiger partial charge on any atom is 0.238 e. The van der Waals surface area contributed by atoms with Crippen molar-refractivity contribution in [1.82, 2.24) is 13.8 Å². The minimum atomic E-state index is -3.41. The van der Waals surface area contributed by atoms with Crippen LogP contribution in [0.25, 0.3) is 0 Å². The number of fused-ring (bicyclic) bond motifs is 1. The van der Waals surface area contributed by atoms with Crippen LogP contribution in [0.3, 0.4) is 0 Å². The minimum absolute atomic E-state index is 0.127. The Morgan fingerprint density at radius 2 is 1.88 bits per heavy atom. The van der Waals surface area contributed by atoms with Crippen molar-refractivity contribution in [2.75, 3.05) is 25.9 Å². The molecule has 1 aliphatic heterocycles. The first-order valence-electron chi connectivity index (χ1n) is 8.77. The molecule has 2 aromatic rings. The van der Waals surface area contributed by atoms with E-state index in [1.54, 1.807) is 11.8 Å². The van der Waals surface area contributed by atoms with Gasteiger partial charge in [0, 0.05) is 31.5 Å². The molecule has 7 heteroatoms. The van der Waals surface area contributed by atoms with Crippen LogP contribution < -0.4 is 0 Å². The summed E-state index contributed by atoms with van der Waals surface area (Å²) >= 11 is 0. The van der Waals surface area contributed by atoms with Gasteiger partial charge in [0.25, 0.3) is 0 Å². The highest BCUT2D eigenvalue weighted by atomic mass is 32.2. The Labute approximate surface area is 155 Å². The summed E-state index contributed by atoms with van der Waals surface area (Å²) in [5.74, 6) is -0.171. The molecule has 1 atom stereocenters. The lowest BCUT2D eigenvalue weighted by atomic mass is 9.99.